The van der Waals surface area contributed by atoms with Gasteiger partial charge in [0, 0.05) is 44.0 Å². The summed E-state index contributed by atoms with van der Waals surface area (Å²) < 4.78 is 6.04. The molecular formula is C23H29N3O2. The van der Waals surface area contributed by atoms with E-state index in [9.17, 15) is 4.79 Å². The van der Waals surface area contributed by atoms with Gasteiger partial charge >= 0.3 is 0 Å². The fourth-order valence-corrected chi connectivity index (χ4v) is 4.21. The van der Waals surface area contributed by atoms with Crippen molar-refractivity contribution in [2.75, 3.05) is 44.2 Å². The lowest BCUT2D eigenvalue weighted by Gasteiger charge is -2.37. The lowest BCUT2D eigenvalue weighted by molar-refractivity contribution is 0.0289. The average Bonchev–Trinajstić information content (AvgIpc) is 2.72. The maximum atomic E-state index is 11.4. The Morgan fingerprint density at radius 3 is 2.57 bits per heavy atom. The number of benzene rings is 2. The number of rotatable bonds is 5. The molecule has 28 heavy (non-hydrogen) atoms. The molecule has 0 bridgehead atoms. The van der Waals surface area contributed by atoms with E-state index in [2.05, 4.69) is 41.0 Å². The van der Waals surface area contributed by atoms with Gasteiger partial charge in [-0.05, 0) is 55.2 Å². The van der Waals surface area contributed by atoms with E-state index in [4.69, 9.17) is 10.5 Å². The highest BCUT2D eigenvalue weighted by atomic mass is 16.5. The number of hydrogen-bond acceptors (Lipinski definition) is 4. The van der Waals surface area contributed by atoms with Crippen LogP contribution < -0.4 is 10.6 Å². The number of hydrogen-bond donors (Lipinski definition) is 1. The standard InChI is InChI=1S/C23H29N3O2/c1-17-2-5-20(6-3-17)26-13-11-25(12-14-26)10-8-22-21-7-4-19(23(24)27)16-18(21)9-15-28-22/h2-7,16,22H,8-15H2,1H3,(H2,24,27). The Bertz CT molecular complexity index is 826. The van der Waals surface area contributed by atoms with Gasteiger partial charge in [-0.15, -0.1) is 0 Å². The summed E-state index contributed by atoms with van der Waals surface area (Å²) in [7, 11) is 0. The van der Waals surface area contributed by atoms with Crippen molar-refractivity contribution in [3.8, 4) is 0 Å². The van der Waals surface area contributed by atoms with Gasteiger partial charge in [-0.3, -0.25) is 9.69 Å². The molecule has 0 radical (unpaired) electrons. The Kier molecular flexibility index (Phi) is 5.64. The molecule has 2 heterocycles. The van der Waals surface area contributed by atoms with Gasteiger partial charge in [-0.2, -0.15) is 0 Å². The van der Waals surface area contributed by atoms with Crippen molar-refractivity contribution >= 4 is 11.6 Å². The number of fused-ring (bicyclic) bond motifs is 1. The topological polar surface area (TPSA) is 58.8 Å². The summed E-state index contributed by atoms with van der Waals surface area (Å²) in [6, 6.07) is 14.6. The molecule has 1 amide bonds. The van der Waals surface area contributed by atoms with Gasteiger partial charge in [0.05, 0.1) is 12.7 Å². The van der Waals surface area contributed by atoms with Gasteiger partial charge in [0.25, 0.3) is 0 Å². The predicted octanol–water partition coefficient (Wildman–Crippen LogP) is 2.92. The fraction of sp³-hybridized carbons (Fsp3) is 0.435. The number of carbonyl (C=O) groups excluding carboxylic acids is 1. The molecule has 0 saturated carbocycles. The molecule has 148 valence electrons. The molecule has 4 rings (SSSR count). The number of nitrogens with two attached hydrogens (primary N) is 1. The van der Waals surface area contributed by atoms with Crippen LogP contribution in [0.15, 0.2) is 42.5 Å². The molecule has 2 N–H and O–H groups in total. The summed E-state index contributed by atoms with van der Waals surface area (Å²) in [6.07, 6.45) is 1.94. The van der Waals surface area contributed by atoms with Crippen LogP contribution in [0.25, 0.3) is 0 Å². The smallest absolute Gasteiger partial charge is 0.248 e. The van der Waals surface area contributed by atoms with Crippen molar-refractivity contribution in [1.29, 1.82) is 0 Å². The van der Waals surface area contributed by atoms with Crippen LogP contribution in [0.4, 0.5) is 5.69 Å². The van der Waals surface area contributed by atoms with E-state index in [1.54, 1.807) is 0 Å². The molecule has 1 saturated heterocycles. The Morgan fingerprint density at radius 2 is 1.86 bits per heavy atom. The molecule has 2 aromatic carbocycles. The number of carbonyl (C=O) groups is 1. The number of amides is 1. The molecule has 2 aliphatic rings. The van der Waals surface area contributed by atoms with E-state index >= 15 is 0 Å². The van der Waals surface area contributed by atoms with Crippen LogP contribution in [0.3, 0.4) is 0 Å². The van der Waals surface area contributed by atoms with E-state index in [1.807, 2.05) is 18.2 Å². The summed E-state index contributed by atoms with van der Waals surface area (Å²) in [6.45, 7) is 8.15. The molecule has 5 nitrogen and oxygen atoms in total. The fourth-order valence-electron chi connectivity index (χ4n) is 4.21. The summed E-state index contributed by atoms with van der Waals surface area (Å²) in [5, 5.41) is 0. The highest BCUT2D eigenvalue weighted by molar-refractivity contribution is 5.93. The van der Waals surface area contributed by atoms with Gasteiger partial charge < -0.3 is 15.4 Å². The molecule has 2 aromatic rings. The first kappa shape index (κ1) is 19.0. The minimum Gasteiger partial charge on any atom is -0.373 e. The molecule has 0 aliphatic carbocycles. The van der Waals surface area contributed by atoms with Gasteiger partial charge in [0.1, 0.15) is 0 Å². The second kappa shape index (κ2) is 8.33. The number of aryl methyl sites for hydroxylation is 1. The van der Waals surface area contributed by atoms with Gasteiger partial charge in [0.15, 0.2) is 0 Å². The van der Waals surface area contributed by atoms with Crippen molar-refractivity contribution in [3.05, 3.63) is 64.7 Å². The van der Waals surface area contributed by atoms with E-state index < -0.39 is 0 Å². The van der Waals surface area contributed by atoms with Crippen molar-refractivity contribution in [3.63, 3.8) is 0 Å². The van der Waals surface area contributed by atoms with Crippen molar-refractivity contribution < 1.29 is 9.53 Å². The van der Waals surface area contributed by atoms with Crippen molar-refractivity contribution in [2.24, 2.45) is 5.73 Å². The van der Waals surface area contributed by atoms with Crippen LogP contribution >= 0.6 is 0 Å². The lowest BCUT2D eigenvalue weighted by Crippen LogP contribution is -2.46. The maximum absolute atomic E-state index is 11.4. The zero-order valence-corrected chi connectivity index (χ0v) is 16.6. The maximum Gasteiger partial charge on any atom is 0.248 e. The number of anilines is 1. The first-order valence-electron chi connectivity index (χ1n) is 10.2. The zero-order valence-electron chi connectivity index (χ0n) is 16.6. The van der Waals surface area contributed by atoms with Crippen LogP contribution in [0, 0.1) is 6.92 Å². The number of primary amides is 1. The average molecular weight is 380 g/mol. The van der Waals surface area contributed by atoms with Crippen molar-refractivity contribution in [1.82, 2.24) is 4.90 Å². The quantitative estimate of drug-likeness (QED) is 0.868. The minimum atomic E-state index is -0.364. The van der Waals surface area contributed by atoms with Crippen LogP contribution in [-0.4, -0.2) is 50.1 Å². The monoisotopic (exact) mass is 379 g/mol. The summed E-state index contributed by atoms with van der Waals surface area (Å²) in [5.74, 6) is -0.364. The molecule has 5 heteroatoms. The highest BCUT2D eigenvalue weighted by Gasteiger charge is 2.24. The molecule has 1 unspecified atom stereocenters. The molecule has 1 atom stereocenters. The second-order valence-electron chi connectivity index (χ2n) is 7.84. The molecule has 0 aromatic heterocycles. The first-order valence-corrected chi connectivity index (χ1v) is 10.2. The van der Waals surface area contributed by atoms with Gasteiger partial charge in [0.2, 0.25) is 5.91 Å². The SMILES string of the molecule is Cc1ccc(N2CCN(CCC3OCCc4cc(C(N)=O)ccc43)CC2)cc1. The lowest BCUT2D eigenvalue weighted by atomic mass is 9.93. The van der Waals surface area contributed by atoms with E-state index in [0.717, 1.165) is 45.6 Å². The first-order chi connectivity index (χ1) is 13.6. The van der Waals surface area contributed by atoms with Crippen molar-refractivity contribution in [2.45, 2.75) is 25.9 Å². The Hall–Kier alpha value is -2.37. The number of nitrogens with zero attached hydrogens (tertiary/aromatic N) is 2. The number of piperazine rings is 1. The summed E-state index contributed by atoms with van der Waals surface area (Å²) in [5.41, 5.74) is 11.1. The summed E-state index contributed by atoms with van der Waals surface area (Å²) >= 11 is 0. The van der Waals surface area contributed by atoms with Crippen LogP contribution in [-0.2, 0) is 11.2 Å². The Labute approximate surface area is 167 Å². The second-order valence-corrected chi connectivity index (χ2v) is 7.84. The highest BCUT2D eigenvalue weighted by Crippen LogP contribution is 2.30. The zero-order chi connectivity index (χ0) is 19.5. The minimum absolute atomic E-state index is 0.112. The predicted molar refractivity (Wildman–Crippen MR) is 112 cm³/mol. The van der Waals surface area contributed by atoms with E-state index in [-0.39, 0.29) is 12.0 Å². The van der Waals surface area contributed by atoms with Crippen LogP contribution in [0.2, 0.25) is 0 Å². The largest absolute Gasteiger partial charge is 0.373 e. The third-order valence-electron chi connectivity index (χ3n) is 5.94. The van der Waals surface area contributed by atoms with Crippen LogP contribution in [0.1, 0.15) is 39.6 Å². The number of ether oxygens (including phenoxy) is 1. The molecule has 1 fully saturated rings. The van der Waals surface area contributed by atoms with E-state index in [0.29, 0.717) is 12.2 Å². The Balaban J connectivity index is 1.31. The van der Waals surface area contributed by atoms with Crippen LogP contribution in [0.5, 0.6) is 0 Å². The Morgan fingerprint density at radius 1 is 1.11 bits per heavy atom. The van der Waals surface area contributed by atoms with Gasteiger partial charge in [-0.25, -0.2) is 0 Å². The molecule has 0 spiro atoms. The van der Waals surface area contributed by atoms with E-state index in [1.165, 1.54) is 22.4 Å². The molecule has 2 aliphatic heterocycles. The van der Waals surface area contributed by atoms with Gasteiger partial charge in [-0.1, -0.05) is 23.8 Å². The third kappa shape index (κ3) is 4.21. The third-order valence-corrected chi connectivity index (χ3v) is 5.94. The molecular weight excluding hydrogens is 350 g/mol. The summed E-state index contributed by atoms with van der Waals surface area (Å²) in [4.78, 5) is 16.4. The normalized spacial score (nSPS) is 20.0.